The van der Waals surface area contributed by atoms with Crippen molar-refractivity contribution >= 4 is 5.97 Å². The topological polar surface area (TPSA) is 26.3 Å². The third-order valence-electron chi connectivity index (χ3n) is 2.43. The molecule has 1 saturated carbocycles. The number of carbonyl (C=O) groups excluding carboxylic acids is 1. The molecule has 1 fully saturated rings. The second kappa shape index (κ2) is 3.74. The Kier molecular flexibility index (Phi) is 2.90. The van der Waals surface area contributed by atoms with Crippen LogP contribution in [0.4, 0.5) is 0 Å². The molecule has 0 atom stereocenters. The van der Waals surface area contributed by atoms with Gasteiger partial charge in [0, 0.05) is 6.42 Å². The molecular formula is C10H16O2. The van der Waals surface area contributed by atoms with Crippen LogP contribution in [0.15, 0.2) is 12.7 Å². The summed E-state index contributed by atoms with van der Waals surface area (Å²) in [5.41, 5.74) is -0.326. The molecule has 1 aliphatic rings. The first-order chi connectivity index (χ1) is 5.72. The van der Waals surface area contributed by atoms with Gasteiger partial charge >= 0.3 is 5.97 Å². The summed E-state index contributed by atoms with van der Waals surface area (Å²) >= 11 is 0. The molecule has 0 aromatic carbocycles. The lowest BCUT2D eigenvalue weighted by atomic mass is 10.0. The van der Waals surface area contributed by atoms with E-state index in [2.05, 4.69) is 6.58 Å². The minimum atomic E-state index is -0.326. The lowest BCUT2D eigenvalue weighted by molar-refractivity contribution is -0.154. The number of rotatable bonds is 3. The summed E-state index contributed by atoms with van der Waals surface area (Å²) in [5, 5.41) is 0. The van der Waals surface area contributed by atoms with Gasteiger partial charge in [0.2, 0.25) is 0 Å². The van der Waals surface area contributed by atoms with Crippen LogP contribution >= 0.6 is 0 Å². The van der Waals surface area contributed by atoms with Crippen molar-refractivity contribution in [2.45, 2.75) is 44.6 Å². The Hall–Kier alpha value is -0.790. The Balaban J connectivity index is 2.55. The molecule has 1 aliphatic carbocycles. The molecule has 12 heavy (non-hydrogen) atoms. The van der Waals surface area contributed by atoms with Crippen molar-refractivity contribution in [1.29, 1.82) is 0 Å². The summed E-state index contributed by atoms with van der Waals surface area (Å²) in [6.07, 6.45) is 6.42. The summed E-state index contributed by atoms with van der Waals surface area (Å²) in [6, 6.07) is 0. The van der Waals surface area contributed by atoms with Crippen molar-refractivity contribution < 1.29 is 9.53 Å². The first kappa shape index (κ1) is 9.30. The van der Waals surface area contributed by atoms with Crippen molar-refractivity contribution in [2.75, 3.05) is 0 Å². The third-order valence-corrected chi connectivity index (χ3v) is 2.43. The van der Waals surface area contributed by atoms with E-state index in [0.29, 0.717) is 6.42 Å². The van der Waals surface area contributed by atoms with Gasteiger partial charge in [-0.05, 0) is 31.8 Å². The molecule has 0 aliphatic heterocycles. The zero-order valence-electron chi connectivity index (χ0n) is 7.64. The highest BCUT2D eigenvalue weighted by molar-refractivity contribution is 5.69. The average molecular weight is 168 g/mol. The van der Waals surface area contributed by atoms with E-state index in [0.717, 1.165) is 25.7 Å². The van der Waals surface area contributed by atoms with Gasteiger partial charge in [-0.1, -0.05) is 13.5 Å². The predicted molar refractivity (Wildman–Crippen MR) is 47.8 cm³/mol. The minimum Gasteiger partial charge on any atom is -0.455 e. The first-order valence-electron chi connectivity index (χ1n) is 4.58. The fourth-order valence-electron chi connectivity index (χ4n) is 1.62. The molecule has 0 spiro atoms. The van der Waals surface area contributed by atoms with Crippen molar-refractivity contribution in [1.82, 2.24) is 0 Å². The van der Waals surface area contributed by atoms with Gasteiger partial charge < -0.3 is 4.74 Å². The van der Waals surface area contributed by atoms with E-state index >= 15 is 0 Å². The zero-order chi connectivity index (χ0) is 9.03. The van der Waals surface area contributed by atoms with Gasteiger partial charge in [-0.2, -0.15) is 0 Å². The molecule has 0 saturated heterocycles. The van der Waals surface area contributed by atoms with Gasteiger partial charge in [-0.3, -0.25) is 4.79 Å². The van der Waals surface area contributed by atoms with Crippen LogP contribution in [0.25, 0.3) is 0 Å². The monoisotopic (exact) mass is 168 g/mol. The summed E-state index contributed by atoms with van der Waals surface area (Å²) < 4.78 is 5.34. The number of hydrogen-bond acceptors (Lipinski definition) is 2. The van der Waals surface area contributed by atoms with E-state index < -0.39 is 0 Å². The first-order valence-corrected chi connectivity index (χ1v) is 4.58. The Morgan fingerprint density at radius 2 is 2.17 bits per heavy atom. The highest BCUT2D eigenvalue weighted by Crippen LogP contribution is 2.34. The lowest BCUT2D eigenvalue weighted by Gasteiger charge is -2.24. The van der Waals surface area contributed by atoms with Crippen LogP contribution in [0.1, 0.15) is 39.0 Å². The van der Waals surface area contributed by atoms with Gasteiger partial charge in [0.1, 0.15) is 5.60 Å². The van der Waals surface area contributed by atoms with E-state index in [1.165, 1.54) is 0 Å². The number of carbonyl (C=O) groups is 1. The largest absolute Gasteiger partial charge is 0.455 e. The van der Waals surface area contributed by atoms with Crippen LogP contribution in [-0.4, -0.2) is 11.6 Å². The van der Waals surface area contributed by atoms with Gasteiger partial charge in [-0.25, -0.2) is 0 Å². The Bertz CT molecular complexity index is 178. The number of esters is 1. The molecule has 2 heteroatoms. The van der Waals surface area contributed by atoms with E-state index in [-0.39, 0.29) is 11.6 Å². The van der Waals surface area contributed by atoms with Gasteiger partial charge in [0.25, 0.3) is 0 Å². The molecule has 1 rings (SSSR count). The van der Waals surface area contributed by atoms with Crippen LogP contribution in [0.5, 0.6) is 0 Å². The number of ether oxygens (including phenoxy) is 1. The van der Waals surface area contributed by atoms with E-state index in [4.69, 9.17) is 4.74 Å². The normalized spacial score (nSPS) is 20.4. The van der Waals surface area contributed by atoms with Crippen molar-refractivity contribution in [3.8, 4) is 0 Å². The molecule has 2 nitrogen and oxygen atoms in total. The second-order valence-corrected chi connectivity index (χ2v) is 3.30. The van der Waals surface area contributed by atoms with Gasteiger partial charge in [-0.15, -0.1) is 0 Å². The highest BCUT2D eigenvalue weighted by atomic mass is 16.6. The van der Waals surface area contributed by atoms with Crippen LogP contribution in [0.2, 0.25) is 0 Å². The van der Waals surface area contributed by atoms with Gasteiger partial charge in [0.15, 0.2) is 0 Å². The van der Waals surface area contributed by atoms with Crippen LogP contribution in [-0.2, 0) is 9.53 Å². The molecule has 0 N–H and O–H groups in total. The molecule has 0 radical (unpaired) electrons. The molecule has 0 heterocycles. The van der Waals surface area contributed by atoms with E-state index in [1.54, 1.807) is 6.08 Å². The Morgan fingerprint density at radius 3 is 2.58 bits per heavy atom. The van der Waals surface area contributed by atoms with Crippen molar-refractivity contribution in [2.24, 2.45) is 0 Å². The molecule has 0 aromatic rings. The van der Waals surface area contributed by atoms with Crippen molar-refractivity contribution in [3.05, 3.63) is 12.7 Å². The summed E-state index contributed by atoms with van der Waals surface area (Å²) in [7, 11) is 0. The maximum atomic E-state index is 11.1. The van der Waals surface area contributed by atoms with Crippen LogP contribution < -0.4 is 0 Å². The SMILES string of the molecule is C=CC1(OC(=O)CC)CCCC1. The minimum absolute atomic E-state index is 0.114. The summed E-state index contributed by atoms with van der Waals surface area (Å²) in [4.78, 5) is 11.1. The molecule has 0 amide bonds. The van der Waals surface area contributed by atoms with E-state index in [1.807, 2.05) is 6.92 Å². The second-order valence-electron chi connectivity index (χ2n) is 3.30. The predicted octanol–water partition coefficient (Wildman–Crippen LogP) is 2.44. The average Bonchev–Trinajstić information content (AvgIpc) is 2.54. The molecule has 0 bridgehead atoms. The molecule has 68 valence electrons. The molecular weight excluding hydrogens is 152 g/mol. The van der Waals surface area contributed by atoms with Crippen LogP contribution in [0, 0.1) is 0 Å². The van der Waals surface area contributed by atoms with Crippen LogP contribution in [0.3, 0.4) is 0 Å². The Labute approximate surface area is 73.6 Å². The zero-order valence-corrected chi connectivity index (χ0v) is 7.64. The fourth-order valence-corrected chi connectivity index (χ4v) is 1.62. The smallest absolute Gasteiger partial charge is 0.306 e. The standard InChI is InChI=1S/C10H16O2/c1-3-9(11)12-10(4-2)7-5-6-8-10/h4H,2-3,5-8H2,1H3. The maximum absolute atomic E-state index is 11.1. The molecule has 0 aromatic heterocycles. The highest BCUT2D eigenvalue weighted by Gasteiger charge is 2.33. The Morgan fingerprint density at radius 1 is 1.58 bits per heavy atom. The fraction of sp³-hybridized carbons (Fsp3) is 0.700. The van der Waals surface area contributed by atoms with Crippen molar-refractivity contribution in [3.63, 3.8) is 0 Å². The number of hydrogen-bond donors (Lipinski definition) is 0. The third kappa shape index (κ3) is 1.87. The molecule has 0 unspecified atom stereocenters. The maximum Gasteiger partial charge on any atom is 0.306 e. The van der Waals surface area contributed by atoms with E-state index in [9.17, 15) is 4.79 Å². The van der Waals surface area contributed by atoms with Gasteiger partial charge in [0.05, 0.1) is 0 Å². The summed E-state index contributed by atoms with van der Waals surface area (Å²) in [6.45, 7) is 5.54. The quantitative estimate of drug-likeness (QED) is 0.478. The lowest BCUT2D eigenvalue weighted by Crippen LogP contribution is -2.28. The summed E-state index contributed by atoms with van der Waals surface area (Å²) in [5.74, 6) is -0.114.